The van der Waals surface area contributed by atoms with Crippen LogP contribution in [0.3, 0.4) is 0 Å². The molecule has 1 atom stereocenters. The Kier molecular flexibility index (Phi) is 7.98. The van der Waals surface area contributed by atoms with Crippen LogP contribution in [0.1, 0.15) is 45.5 Å². The Balaban J connectivity index is 1.46. The average Bonchev–Trinajstić information content (AvgIpc) is 3.16. The van der Waals surface area contributed by atoms with Gasteiger partial charge < -0.3 is 9.94 Å². The van der Waals surface area contributed by atoms with Gasteiger partial charge in [0.25, 0.3) is 11.8 Å². The van der Waals surface area contributed by atoms with Gasteiger partial charge in [-0.3, -0.25) is 14.5 Å². The number of hydrogen-bond donors (Lipinski definition) is 1. The molecule has 7 nitrogen and oxygen atoms in total. The number of unbranched alkanes of at least 4 members (excludes halogenated alkanes) is 1. The lowest BCUT2D eigenvalue weighted by Crippen LogP contribution is -2.34. The van der Waals surface area contributed by atoms with Gasteiger partial charge in [-0.15, -0.1) is 0 Å². The van der Waals surface area contributed by atoms with Crippen molar-refractivity contribution in [2.75, 3.05) is 13.2 Å². The van der Waals surface area contributed by atoms with E-state index in [2.05, 4.69) is 5.16 Å². The van der Waals surface area contributed by atoms with Crippen LogP contribution in [0.5, 0.6) is 0 Å². The van der Waals surface area contributed by atoms with Crippen LogP contribution in [0.4, 0.5) is 4.39 Å². The van der Waals surface area contributed by atoms with Crippen LogP contribution < -0.4 is 0 Å². The number of imide groups is 1. The number of amides is 2. The zero-order chi connectivity index (χ0) is 26.4. The van der Waals surface area contributed by atoms with E-state index in [0.717, 1.165) is 22.2 Å². The van der Waals surface area contributed by atoms with E-state index in [1.165, 1.54) is 12.1 Å². The molecule has 9 heteroatoms. The fourth-order valence-corrected chi connectivity index (χ4v) is 4.40. The lowest BCUT2D eigenvalue weighted by atomic mass is 9.89. The number of carbonyl (C=O) groups is 3. The normalized spacial score (nSPS) is 14.6. The van der Waals surface area contributed by atoms with Crippen LogP contribution in [0.25, 0.3) is 11.1 Å². The molecule has 190 valence electrons. The van der Waals surface area contributed by atoms with Gasteiger partial charge in [0.15, 0.2) is 0 Å². The Morgan fingerprint density at radius 2 is 1.51 bits per heavy atom. The molecule has 3 aromatic rings. The van der Waals surface area contributed by atoms with Gasteiger partial charge in [0.1, 0.15) is 6.61 Å². The molecule has 0 bridgehead atoms. The summed E-state index contributed by atoms with van der Waals surface area (Å²) in [5.41, 5.74) is 0.0164. The maximum absolute atomic E-state index is 16.3. The van der Waals surface area contributed by atoms with E-state index in [0.29, 0.717) is 22.6 Å². The van der Waals surface area contributed by atoms with Crippen molar-refractivity contribution in [1.29, 1.82) is 0 Å². The number of oxime groups is 1. The first-order valence-electron chi connectivity index (χ1n) is 11.7. The number of ether oxygens (including phenoxy) is 1. The van der Waals surface area contributed by atoms with Gasteiger partial charge in [-0.25, -0.2) is 9.18 Å². The molecule has 1 unspecified atom stereocenters. The molecule has 0 saturated carbocycles. The second-order valence-electron chi connectivity index (χ2n) is 8.55. The molecule has 3 aromatic carbocycles. The molecule has 0 saturated heterocycles. The van der Waals surface area contributed by atoms with Crippen LogP contribution in [0.2, 0.25) is 5.02 Å². The Labute approximate surface area is 218 Å². The second-order valence-corrected chi connectivity index (χ2v) is 8.98. The van der Waals surface area contributed by atoms with E-state index in [9.17, 15) is 14.4 Å². The van der Waals surface area contributed by atoms with Gasteiger partial charge in [0, 0.05) is 17.1 Å². The molecule has 1 N–H and O–H groups in total. The van der Waals surface area contributed by atoms with Crippen molar-refractivity contribution in [3.63, 3.8) is 0 Å². The Bertz CT molecular complexity index is 1290. The summed E-state index contributed by atoms with van der Waals surface area (Å²) in [5, 5.41) is 11.9. The topological polar surface area (TPSA) is 96.3 Å². The number of carbonyl (C=O) groups excluding carboxylic acids is 3. The summed E-state index contributed by atoms with van der Waals surface area (Å²) in [7, 11) is 0. The van der Waals surface area contributed by atoms with Gasteiger partial charge in [-0.1, -0.05) is 65.3 Å². The van der Waals surface area contributed by atoms with Crippen LogP contribution >= 0.6 is 11.6 Å². The quantitative estimate of drug-likeness (QED) is 0.0928. The summed E-state index contributed by atoms with van der Waals surface area (Å²) in [6, 6.07) is 20.2. The molecular formula is C28H24ClFN2O5. The fraction of sp³-hybridized carbons (Fsp3) is 0.214. The zero-order valence-corrected chi connectivity index (χ0v) is 20.5. The first-order valence-corrected chi connectivity index (χ1v) is 12.1. The fourth-order valence-electron chi connectivity index (χ4n) is 4.27. The molecule has 0 radical (unpaired) electrons. The SMILES string of the molecule is O=C1c2ccccc2C(=O)N1CCCCC(F)(C(=O)OCC=NO)c1ccc(-c2ccc(Cl)cc2)cc1. The summed E-state index contributed by atoms with van der Waals surface area (Å²) in [6.07, 6.45) is 1.20. The van der Waals surface area contributed by atoms with E-state index >= 15 is 4.39 Å². The summed E-state index contributed by atoms with van der Waals surface area (Å²) in [6.45, 7) is -0.289. The maximum Gasteiger partial charge on any atom is 0.349 e. The van der Waals surface area contributed by atoms with Crippen molar-refractivity contribution >= 4 is 35.6 Å². The molecule has 0 aromatic heterocycles. The molecule has 1 aliphatic heterocycles. The third-order valence-electron chi connectivity index (χ3n) is 6.25. The maximum atomic E-state index is 16.3. The number of alkyl halides is 1. The lowest BCUT2D eigenvalue weighted by molar-refractivity contribution is -0.157. The van der Waals surface area contributed by atoms with Gasteiger partial charge in [-0.05, 0) is 54.7 Å². The van der Waals surface area contributed by atoms with E-state index in [1.54, 1.807) is 48.5 Å². The number of benzene rings is 3. The van der Waals surface area contributed by atoms with Crippen LogP contribution in [-0.4, -0.2) is 47.3 Å². The number of hydrogen-bond acceptors (Lipinski definition) is 6. The van der Waals surface area contributed by atoms with Crippen molar-refractivity contribution in [2.24, 2.45) is 5.16 Å². The highest BCUT2D eigenvalue weighted by atomic mass is 35.5. The van der Waals surface area contributed by atoms with Crippen molar-refractivity contribution in [3.8, 4) is 11.1 Å². The van der Waals surface area contributed by atoms with E-state index in [1.807, 2.05) is 12.1 Å². The molecule has 37 heavy (non-hydrogen) atoms. The first-order chi connectivity index (χ1) is 17.8. The predicted molar refractivity (Wildman–Crippen MR) is 137 cm³/mol. The number of halogens is 2. The molecule has 1 heterocycles. The van der Waals surface area contributed by atoms with Crippen LogP contribution in [-0.2, 0) is 15.2 Å². The molecular weight excluding hydrogens is 499 g/mol. The van der Waals surface area contributed by atoms with E-state index in [4.69, 9.17) is 21.5 Å². The highest BCUT2D eigenvalue weighted by Gasteiger charge is 2.42. The average molecular weight is 523 g/mol. The largest absolute Gasteiger partial charge is 0.457 e. The first kappa shape index (κ1) is 26.0. The van der Waals surface area contributed by atoms with Gasteiger partial charge in [0.2, 0.25) is 5.67 Å². The summed E-state index contributed by atoms with van der Waals surface area (Å²) in [5.74, 6) is -1.88. The smallest absolute Gasteiger partial charge is 0.349 e. The van der Waals surface area contributed by atoms with E-state index < -0.39 is 11.6 Å². The Morgan fingerprint density at radius 3 is 2.08 bits per heavy atom. The summed E-state index contributed by atoms with van der Waals surface area (Å²) in [4.78, 5) is 39.0. The van der Waals surface area contributed by atoms with Crippen molar-refractivity contribution in [3.05, 3.63) is 94.5 Å². The molecule has 2 amide bonds. The van der Waals surface area contributed by atoms with Crippen molar-refractivity contribution in [1.82, 2.24) is 4.90 Å². The highest BCUT2D eigenvalue weighted by molar-refractivity contribution is 6.30. The standard InChI is InChI=1S/C28H24ClFN2O5/c29-22-13-9-20(10-14-22)19-7-11-21(12-8-19)28(30,27(35)37-18-16-31-36)15-3-4-17-32-25(33)23-5-1-2-6-24(23)26(32)34/h1-2,5-14,16,36H,3-4,15,17-18H2. The minimum atomic E-state index is -2.48. The molecule has 0 spiro atoms. The minimum Gasteiger partial charge on any atom is -0.457 e. The molecule has 0 aliphatic carbocycles. The Morgan fingerprint density at radius 1 is 0.946 bits per heavy atom. The van der Waals surface area contributed by atoms with Crippen molar-refractivity contribution in [2.45, 2.75) is 24.9 Å². The van der Waals surface area contributed by atoms with Gasteiger partial charge in [-0.2, -0.15) is 0 Å². The van der Waals surface area contributed by atoms with Gasteiger partial charge >= 0.3 is 5.97 Å². The lowest BCUT2D eigenvalue weighted by Gasteiger charge is -2.24. The minimum absolute atomic E-state index is 0.101. The third kappa shape index (κ3) is 5.54. The second kappa shape index (κ2) is 11.3. The van der Waals surface area contributed by atoms with Crippen molar-refractivity contribution < 1.29 is 28.7 Å². The molecule has 4 rings (SSSR count). The summed E-state index contributed by atoms with van der Waals surface area (Å²) >= 11 is 5.95. The van der Waals surface area contributed by atoms with Crippen LogP contribution in [0.15, 0.2) is 78.0 Å². The monoisotopic (exact) mass is 522 g/mol. The van der Waals surface area contributed by atoms with Gasteiger partial charge in [0.05, 0.1) is 17.3 Å². The number of esters is 1. The molecule has 1 aliphatic rings. The third-order valence-corrected chi connectivity index (χ3v) is 6.50. The van der Waals surface area contributed by atoms with E-state index in [-0.39, 0.29) is 43.4 Å². The summed E-state index contributed by atoms with van der Waals surface area (Å²) < 4.78 is 21.2. The molecule has 0 fully saturated rings. The highest BCUT2D eigenvalue weighted by Crippen LogP contribution is 2.35. The Hall–Kier alpha value is -4.04. The number of rotatable bonds is 10. The zero-order valence-electron chi connectivity index (χ0n) is 19.8. The van der Waals surface area contributed by atoms with Crippen LogP contribution in [0, 0.1) is 0 Å². The number of nitrogens with zero attached hydrogens (tertiary/aromatic N) is 2. The predicted octanol–water partition coefficient (Wildman–Crippen LogP) is 5.64. The number of fused-ring (bicyclic) bond motifs is 1.